The monoisotopic (exact) mass is 770 g/mol. The van der Waals surface area contributed by atoms with Gasteiger partial charge in [0.2, 0.25) is 35.4 Å². The van der Waals surface area contributed by atoms with Crippen molar-refractivity contribution in [3.8, 4) is 0 Å². The molecule has 0 radical (unpaired) electrons. The predicted octanol–water partition coefficient (Wildman–Crippen LogP) is -0.687. The van der Waals surface area contributed by atoms with Gasteiger partial charge < -0.3 is 53.8 Å². The number of fused-ring (bicyclic) bond motifs is 1. The van der Waals surface area contributed by atoms with Crippen LogP contribution in [0.1, 0.15) is 49.4 Å². The van der Waals surface area contributed by atoms with Crippen molar-refractivity contribution in [1.29, 1.82) is 0 Å². The highest BCUT2D eigenvalue weighted by molar-refractivity contribution is 5.97. The number of hydrogen-bond acceptors (Lipinski definition) is 8. The van der Waals surface area contributed by atoms with Gasteiger partial charge in [-0.25, -0.2) is 4.98 Å². The van der Waals surface area contributed by atoms with Crippen LogP contribution < -0.4 is 43.8 Å². The average Bonchev–Trinajstić information content (AvgIpc) is 3.84. The van der Waals surface area contributed by atoms with Gasteiger partial charge in [0.25, 0.3) is 0 Å². The number of aliphatic imine (C=N–C) groups is 1. The summed E-state index contributed by atoms with van der Waals surface area (Å²) in [5.41, 5.74) is 19.0. The third kappa shape index (κ3) is 13.4. The smallest absolute Gasteiger partial charge is 0.248 e. The van der Waals surface area contributed by atoms with Crippen molar-refractivity contribution in [3.05, 3.63) is 90.1 Å². The summed E-state index contributed by atoms with van der Waals surface area (Å²) in [7, 11) is 0. The second kappa shape index (κ2) is 21.4. The van der Waals surface area contributed by atoms with Crippen molar-refractivity contribution in [3.63, 3.8) is 0 Å². The van der Waals surface area contributed by atoms with Gasteiger partial charge in [0, 0.05) is 54.7 Å². The number of carbonyl (C=O) groups is 6. The summed E-state index contributed by atoms with van der Waals surface area (Å²) >= 11 is 0. The van der Waals surface area contributed by atoms with Crippen LogP contribution in [0.15, 0.2) is 78.3 Å². The lowest BCUT2D eigenvalue weighted by atomic mass is 10.0. The molecule has 18 nitrogen and oxygen atoms in total. The SMILES string of the molecule is CCCCN[C@@H](Cc1cnc[nH]1)C(=O)N[C@H](Cc1ccccc1)C(=O)N[C@@H](CCC(=O)N=C(N)N)C(=O)N[C@@H](Cc1c[nH]c2ccccc12)C(=O)NCC(N)=O. The van der Waals surface area contributed by atoms with Crippen molar-refractivity contribution in [2.24, 2.45) is 22.2 Å². The van der Waals surface area contributed by atoms with Crippen LogP contribution in [0.5, 0.6) is 0 Å². The fourth-order valence-electron chi connectivity index (χ4n) is 5.97. The fourth-order valence-corrected chi connectivity index (χ4v) is 5.97. The molecule has 4 aromatic rings. The van der Waals surface area contributed by atoms with Gasteiger partial charge in [0.15, 0.2) is 5.96 Å². The number of nitrogens with one attached hydrogen (secondary N) is 7. The second-order valence-corrected chi connectivity index (χ2v) is 13.2. The van der Waals surface area contributed by atoms with Crippen LogP contribution in [-0.2, 0) is 48.0 Å². The minimum atomic E-state index is -1.41. The standard InChI is InChI=1S/C38H50N12O6/c1-2-3-15-43-29(18-25-20-42-22-46-25)36(55)48-30(16-23-9-5-4-6-10-23)37(56)47-28(13-14-33(52)50-38(40)41)35(54)49-31(34(53)45-21-32(39)51)17-24-19-44-27-12-8-7-11-26(24)27/h4-12,19-20,22,28-31,43-44H,2-3,13-18,21H2,1H3,(H2,39,51)(H,42,46)(H,45,53)(H,47,56)(H,48,55)(H,49,54)(H4,40,41,50,52)/t28-,29-,30+,31-/m0/s1. The van der Waals surface area contributed by atoms with E-state index >= 15 is 0 Å². The molecule has 0 saturated heterocycles. The first-order chi connectivity index (χ1) is 26.9. The molecular weight excluding hydrogens is 720 g/mol. The maximum absolute atomic E-state index is 14.2. The van der Waals surface area contributed by atoms with Crippen molar-refractivity contribution in [2.45, 2.75) is 76.0 Å². The fraction of sp³-hybridized carbons (Fsp3) is 0.368. The summed E-state index contributed by atoms with van der Waals surface area (Å²) in [6.07, 6.45) is 6.22. The maximum Gasteiger partial charge on any atom is 0.248 e. The zero-order valence-corrected chi connectivity index (χ0v) is 31.2. The van der Waals surface area contributed by atoms with Gasteiger partial charge >= 0.3 is 0 Å². The van der Waals surface area contributed by atoms with Crippen LogP contribution >= 0.6 is 0 Å². The molecule has 0 aliphatic carbocycles. The van der Waals surface area contributed by atoms with Crippen LogP contribution in [0, 0.1) is 0 Å². The number of amides is 6. The molecule has 0 bridgehead atoms. The number of benzene rings is 2. The Labute approximate surface area is 323 Å². The van der Waals surface area contributed by atoms with Gasteiger partial charge in [-0.2, -0.15) is 4.99 Å². The molecule has 6 amide bonds. The van der Waals surface area contributed by atoms with E-state index in [1.807, 2.05) is 37.3 Å². The molecule has 4 atom stereocenters. The first-order valence-corrected chi connectivity index (χ1v) is 18.3. The highest BCUT2D eigenvalue weighted by Gasteiger charge is 2.32. The number of hydrogen-bond donors (Lipinski definition) is 10. The van der Waals surface area contributed by atoms with E-state index in [2.05, 4.69) is 46.5 Å². The number of unbranched alkanes of at least 4 members (excludes halogenated alkanes) is 1. The van der Waals surface area contributed by atoms with Crippen molar-refractivity contribution in [2.75, 3.05) is 13.1 Å². The number of carbonyl (C=O) groups excluding carboxylic acids is 6. The molecular formula is C38H50N12O6. The number of para-hydroxylation sites is 1. The lowest BCUT2D eigenvalue weighted by Crippen LogP contribution is -2.59. The number of imidazole rings is 1. The lowest BCUT2D eigenvalue weighted by molar-refractivity contribution is -0.134. The summed E-state index contributed by atoms with van der Waals surface area (Å²) < 4.78 is 0. The van der Waals surface area contributed by atoms with Crippen LogP contribution in [0.25, 0.3) is 10.9 Å². The minimum Gasteiger partial charge on any atom is -0.370 e. The van der Waals surface area contributed by atoms with Gasteiger partial charge in [-0.3, -0.25) is 28.8 Å². The molecule has 56 heavy (non-hydrogen) atoms. The Hall–Kier alpha value is -6.56. The molecule has 0 fully saturated rings. The molecule has 298 valence electrons. The molecule has 4 rings (SSSR count). The van der Waals surface area contributed by atoms with Crippen LogP contribution in [0.4, 0.5) is 0 Å². The van der Waals surface area contributed by atoms with Gasteiger partial charge in [-0.05, 0) is 36.6 Å². The van der Waals surface area contributed by atoms with E-state index in [-0.39, 0.29) is 32.1 Å². The van der Waals surface area contributed by atoms with Gasteiger partial charge in [-0.1, -0.05) is 61.9 Å². The van der Waals surface area contributed by atoms with E-state index in [1.165, 1.54) is 6.33 Å². The summed E-state index contributed by atoms with van der Waals surface area (Å²) in [5, 5.41) is 14.7. The third-order valence-corrected chi connectivity index (χ3v) is 8.83. The molecule has 2 aromatic heterocycles. The molecule has 0 saturated carbocycles. The van der Waals surface area contributed by atoms with Gasteiger partial charge in [0.1, 0.15) is 18.1 Å². The minimum absolute atomic E-state index is 0.0105. The molecule has 2 heterocycles. The number of primary amides is 1. The van der Waals surface area contributed by atoms with E-state index in [1.54, 1.807) is 36.7 Å². The quantitative estimate of drug-likeness (QED) is 0.0273. The van der Waals surface area contributed by atoms with Gasteiger partial charge in [-0.15, -0.1) is 0 Å². The maximum atomic E-state index is 14.2. The van der Waals surface area contributed by atoms with E-state index < -0.39 is 72.1 Å². The van der Waals surface area contributed by atoms with Crippen LogP contribution in [0.3, 0.4) is 0 Å². The highest BCUT2D eigenvalue weighted by Crippen LogP contribution is 2.19. The normalized spacial score (nSPS) is 13.1. The number of H-pyrrole nitrogens is 2. The Balaban J connectivity index is 1.61. The van der Waals surface area contributed by atoms with Crippen molar-refractivity contribution in [1.82, 2.24) is 41.5 Å². The first kappa shape index (κ1) is 42.2. The topological polar surface area (TPSA) is 297 Å². The average molecular weight is 771 g/mol. The molecule has 13 N–H and O–H groups in total. The number of aromatic amines is 2. The third-order valence-electron chi connectivity index (χ3n) is 8.83. The molecule has 18 heteroatoms. The predicted molar refractivity (Wildman–Crippen MR) is 209 cm³/mol. The largest absolute Gasteiger partial charge is 0.370 e. The summed E-state index contributed by atoms with van der Waals surface area (Å²) in [5.74, 6) is -4.74. The Kier molecular flexibility index (Phi) is 16.1. The van der Waals surface area contributed by atoms with E-state index in [0.29, 0.717) is 17.8 Å². The van der Waals surface area contributed by atoms with Crippen molar-refractivity contribution < 1.29 is 28.8 Å². The zero-order chi connectivity index (χ0) is 40.5. The highest BCUT2D eigenvalue weighted by atomic mass is 16.2. The van der Waals surface area contributed by atoms with Crippen molar-refractivity contribution >= 4 is 52.3 Å². The molecule has 0 aliphatic heterocycles. The number of aromatic nitrogens is 3. The Bertz CT molecular complexity index is 1960. The molecule has 0 unspecified atom stereocenters. The van der Waals surface area contributed by atoms with Crippen LogP contribution in [0.2, 0.25) is 0 Å². The Morgan fingerprint density at radius 3 is 2.11 bits per heavy atom. The zero-order valence-electron chi connectivity index (χ0n) is 31.2. The Morgan fingerprint density at radius 2 is 1.43 bits per heavy atom. The van der Waals surface area contributed by atoms with Crippen LogP contribution in [-0.4, -0.2) is 93.6 Å². The van der Waals surface area contributed by atoms with Gasteiger partial charge in [0.05, 0.1) is 18.9 Å². The second-order valence-electron chi connectivity index (χ2n) is 13.2. The summed E-state index contributed by atoms with van der Waals surface area (Å²) in [4.78, 5) is 93.3. The number of nitrogens with zero attached hydrogens (tertiary/aromatic N) is 2. The Morgan fingerprint density at radius 1 is 0.768 bits per heavy atom. The van der Waals surface area contributed by atoms with E-state index in [0.717, 1.165) is 29.3 Å². The number of rotatable bonds is 22. The van der Waals surface area contributed by atoms with E-state index in [4.69, 9.17) is 17.2 Å². The van der Waals surface area contributed by atoms with E-state index in [9.17, 15) is 28.8 Å². The lowest BCUT2D eigenvalue weighted by Gasteiger charge is -2.26. The molecule has 0 aliphatic rings. The molecule has 2 aromatic carbocycles. The first-order valence-electron chi connectivity index (χ1n) is 18.3. The summed E-state index contributed by atoms with van der Waals surface area (Å²) in [6.45, 7) is 2.10. The summed E-state index contributed by atoms with van der Waals surface area (Å²) in [6, 6.07) is 11.8. The number of nitrogens with two attached hydrogens (primary N) is 3. The molecule has 0 spiro atoms. The number of guanidine groups is 1.